The molecule has 2 N–H and O–H groups in total. The maximum atomic E-state index is 9.90. The zero-order valence-electron chi connectivity index (χ0n) is 9.09. The van der Waals surface area contributed by atoms with Gasteiger partial charge in [0.2, 0.25) is 0 Å². The third-order valence-electron chi connectivity index (χ3n) is 3.15. The Labute approximate surface area is 93.6 Å². The second-order valence-electron chi connectivity index (χ2n) is 4.30. The van der Waals surface area contributed by atoms with E-state index in [9.17, 15) is 5.11 Å². The summed E-state index contributed by atoms with van der Waals surface area (Å²) in [5.41, 5.74) is 0. The maximum absolute atomic E-state index is 9.90. The third kappa shape index (κ3) is 1.73. The summed E-state index contributed by atoms with van der Waals surface area (Å²) >= 11 is 0. The Bertz CT molecular complexity index is 355. The van der Waals surface area contributed by atoms with Crippen molar-refractivity contribution in [1.82, 2.24) is 20.1 Å². The Morgan fingerprint density at radius 3 is 3.25 bits per heavy atom. The first-order chi connectivity index (χ1) is 7.84. The summed E-state index contributed by atoms with van der Waals surface area (Å²) < 4.78 is 7.19. The number of hydrogen-bond acceptors (Lipinski definition) is 5. The molecule has 0 amide bonds. The Morgan fingerprint density at radius 1 is 1.50 bits per heavy atom. The standard InChI is InChI=1S/C10H16N4O2/c15-7-2-1-3-11-9(7)10-12-8-6-16-5-4-14(8)13-10/h7,9,11,15H,1-6H2. The summed E-state index contributed by atoms with van der Waals surface area (Å²) in [4.78, 5) is 4.43. The minimum absolute atomic E-state index is 0.119. The summed E-state index contributed by atoms with van der Waals surface area (Å²) in [5.74, 6) is 1.56. The highest BCUT2D eigenvalue weighted by atomic mass is 16.5. The fourth-order valence-corrected chi connectivity index (χ4v) is 2.26. The molecule has 1 saturated heterocycles. The van der Waals surface area contributed by atoms with Crippen molar-refractivity contribution in [3.63, 3.8) is 0 Å². The van der Waals surface area contributed by atoms with E-state index in [1.54, 1.807) is 0 Å². The van der Waals surface area contributed by atoms with Crippen molar-refractivity contribution in [2.45, 2.75) is 38.1 Å². The minimum Gasteiger partial charge on any atom is -0.391 e. The van der Waals surface area contributed by atoms with Crippen molar-refractivity contribution >= 4 is 0 Å². The molecule has 2 aliphatic rings. The lowest BCUT2D eigenvalue weighted by Gasteiger charge is -2.26. The molecule has 1 aromatic heterocycles. The molecule has 6 heteroatoms. The van der Waals surface area contributed by atoms with Crippen LogP contribution < -0.4 is 5.32 Å². The van der Waals surface area contributed by atoms with Gasteiger partial charge in [-0.15, -0.1) is 0 Å². The van der Waals surface area contributed by atoms with Crippen LogP contribution in [0.4, 0.5) is 0 Å². The number of aliphatic hydroxyl groups excluding tert-OH is 1. The van der Waals surface area contributed by atoms with Gasteiger partial charge in [0, 0.05) is 0 Å². The molecule has 0 bridgehead atoms. The van der Waals surface area contributed by atoms with Crippen LogP contribution in [0.2, 0.25) is 0 Å². The van der Waals surface area contributed by atoms with Crippen LogP contribution in [-0.2, 0) is 17.9 Å². The van der Waals surface area contributed by atoms with Crippen LogP contribution >= 0.6 is 0 Å². The fourth-order valence-electron chi connectivity index (χ4n) is 2.26. The van der Waals surface area contributed by atoms with Gasteiger partial charge in [-0.1, -0.05) is 0 Å². The molecule has 16 heavy (non-hydrogen) atoms. The van der Waals surface area contributed by atoms with Crippen molar-refractivity contribution in [2.75, 3.05) is 13.2 Å². The average Bonchev–Trinajstić information content (AvgIpc) is 2.73. The predicted molar refractivity (Wildman–Crippen MR) is 55.7 cm³/mol. The van der Waals surface area contributed by atoms with E-state index in [1.165, 1.54) is 0 Å². The predicted octanol–water partition coefficient (Wildman–Crippen LogP) is -0.406. The molecule has 1 fully saturated rings. The molecule has 2 atom stereocenters. The van der Waals surface area contributed by atoms with Gasteiger partial charge < -0.3 is 15.2 Å². The van der Waals surface area contributed by atoms with Crippen molar-refractivity contribution in [2.24, 2.45) is 0 Å². The average molecular weight is 224 g/mol. The van der Waals surface area contributed by atoms with Gasteiger partial charge in [-0.25, -0.2) is 9.67 Å². The minimum atomic E-state index is -0.376. The Morgan fingerprint density at radius 2 is 2.44 bits per heavy atom. The number of hydrogen-bond donors (Lipinski definition) is 2. The summed E-state index contributed by atoms with van der Waals surface area (Å²) in [6.07, 6.45) is 1.45. The number of aromatic nitrogens is 3. The van der Waals surface area contributed by atoms with Crippen molar-refractivity contribution in [1.29, 1.82) is 0 Å². The SMILES string of the molecule is OC1CCCNC1c1nc2n(n1)CCOC2. The van der Waals surface area contributed by atoms with E-state index in [-0.39, 0.29) is 12.1 Å². The fraction of sp³-hybridized carbons (Fsp3) is 0.800. The van der Waals surface area contributed by atoms with Gasteiger partial charge in [-0.3, -0.25) is 0 Å². The molecule has 3 rings (SSSR count). The van der Waals surface area contributed by atoms with Crippen LogP contribution in [0.1, 0.15) is 30.5 Å². The van der Waals surface area contributed by atoms with Crippen LogP contribution in [-0.4, -0.2) is 39.1 Å². The van der Waals surface area contributed by atoms with Crippen molar-refractivity contribution < 1.29 is 9.84 Å². The van der Waals surface area contributed by atoms with E-state index in [0.717, 1.165) is 31.8 Å². The number of nitrogens with one attached hydrogen (secondary N) is 1. The summed E-state index contributed by atoms with van der Waals surface area (Å²) in [5, 5.41) is 17.6. The molecule has 0 aliphatic carbocycles. The van der Waals surface area contributed by atoms with Crippen LogP contribution in [0.25, 0.3) is 0 Å². The summed E-state index contributed by atoms with van der Waals surface area (Å²) in [7, 11) is 0. The van der Waals surface area contributed by atoms with E-state index in [4.69, 9.17) is 4.74 Å². The molecule has 1 aromatic rings. The lowest BCUT2D eigenvalue weighted by Crippen LogP contribution is -2.38. The first-order valence-corrected chi connectivity index (χ1v) is 5.77. The number of ether oxygens (including phenoxy) is 1. The number of aliphatic hydroxyl groups is 1. The van der Waals surface area contributed by atoms with Gasteiger partial charge in [0.25, 0.3) is 0 Å². The molecule has 2 aliphatic heterocycles. The van der Waals surface area contributed by atoms with Crippen LogP contribution in [0.5, 0.6) is 0 Å². The molecule has 6 nitrogen and oxygen atoms in total. The maximum Gasteiger partial charge on any atom is 0.170 e. The number of rotatable bonds is 1. The second kappa shape index (κ2) is 4.12. The first kappa shape index (κ1) is 10.2. The second-order valence-corrected chi connectivity index (χ2v) is 4.30. The van der Waals surface area contributed by atoms with Gasteiger partial charge in [-0.05, 0) is 19.4 Å². The molecule has 0 spiro atoms. The van der Waals surface area contributed by atoms with Gasteiger partial charge in [-0.2, -0.15) is 5.10 Å². The van der Waals surface area contributed by atoms with E-state index in [1.807, 2.05) is 4.68 Å². The van der Waals surface area contributed by atoms with Crippen LogP contribution in [0.3, 0.4) is 0 Å². The van der Waals surface area contributed by atoms with E-state index in [0.29, 0.717) is 19.0 Å². The Kier molecular flexibility index (Phi) is 2.62. The summed E-state index contributed by atoms with van der Waals surface area (Å²) in [6, 6.07) is -0.119. The first-order valence-electron chi connectivity index (χ1n) is 5.77. The van der Waals surface area contributed by atoms with Crippen LogP contribution in [0.15, 0.2) is 0 Å². The van der Waals surface area contributed by atoms with Crippen molar-refractivity contribution in [3.05, 3.63) is 11.6 Å². The molecule has 3 heterocycles. The van der Waals surface area contributed by atoms with Crippen LogP contribution in [0, 0.1) is 0 Å². The zero-order chi connectivity index (χ0) is 11.0. The van der Waals surface area contributed by atoms with Gasteiger partial charge in [0.15, 0.2) is 11.6 Å². The number of fused-ring (bicyclic) bond motifs is 1. The zero-order valence-corrected chi connectivity index (χ0v) is 9.09. The monoisotopic (exact) mass is 224 g/mol. The molecular formula is C10H16N4O2. The normalized spacial score (nSPS) is 30.1. The van der Waals surface area contributed by atoms with Gasteiger partial charge in [0.1, 0.15) is 6.61 Å². The number of nitrogens with zero attached hydrogens (tertiary/aromatic N) is 3. The third-order valence-corrected chi connectivity index (χ3v) is 3.15. The topological polar surface area (TPSA) is 72.2 Å². The van der Waals surface area contributed by atoms with E-state index >= 15 is 0 Å². The van der Waals surface area contributed by atoms with E-state index in [2.05, 4.69) is 15.4 Å². The van der Waals surface area contributed by atoms with Gasteiger partial charge >= 0.3 is 0 Å². The number of piperidine rings is 1. The smallest absolute Gasteiger partial charge is 0.170 e. The Hall–Kier alpha value is -0.980. The Balaban J connectivity index is 1.85. The highest BCUT2D eigenvalue weighted by Gasteiger charge is 2.29. The molecule has 0 radical (unpaired) electrons. The largest absolute Gasteiger partial charge is 0.391 e. The highest BCUT2D eigenvalue weighted by Crippen LogP contribution is 2.22. The van der Waals surface area contributed by atoms with Crippen molar-refractivity contribution in [3.8, 4) is 0 Å². The summed E-state index contributed by atoms with van der Waals surface area (Å²) in [6.45, 7) is 2.89. The molecule has 2 unspecified atom stereocenters. The molecule has 0 aromatic carbocycles. The molecular weight excluding hydrogens is 208 g/mol. The highest BCUT2D eigenvalue weighted by molar-refractivity contribution is 5.02. The van der Waals surface area contributed by atoms with Gasteiger partial charge in [0.05, 0.1) is 25.3 Å². The lowest BCUT2D eigenvalue weighted by molar-refractivity contribution is 0.0768. The molecule has 0 saturated carbocycles. The quantitative estimate of drug-likeness (QED) is 0.678. The lowest BCUT2D eigenvalue weighted by atomic mass is 10.0. The molecule has 88 valence electrons. The van der Waals surface area contributed by atoms with E-state index < -0.39 is 0 Å².